The molecule has 3 aromatic rings. The number of rotatable bonds is 6. The molecule has 11 heteroatoms. The number of nitro benzene ring substituents is 1. The van der Waals surface area contributed by atoms with Crippen LogP contribution in [0.1, 0.15) is 37.9 Å². The molecule has 2 heterocycles. The molecule has 0 N–H and O–H groups in total. The van der Waals surface area contributed by atoms with Crippen molar-refractivity contribution in [3.05, 3.63) is 101 Å². The van der Waals surface area contributed by atoms with Crippen molar-refractivity contribution < 1.29 is 24.0 Å². The molecule has 4 rings (SSSR count). The van der Waals surface area contributed by atoms with Gasteiger partial charge in [-0.2, -0.15) is 0 Å². The number of nitrogens with zero attached hydrogens (tertiary/aromatic N) is 3. The van der Waals surface area contributed by atoms with Gasteiger partial charge in [-0.15, -0.1) is 0 Å². The number of hydrogen-bond acceptors (Lipinski definition) is 9. The van der Waals surface area contributed by atoms with E-state index < -0.39 is 28.5 Å². The highest BCUT2D eigenvalue weighted by atomic mass is 32.1. The molecule has 0 unspecified atom stereocenters. The Labute approximate surface area is 208 Å². The van der Waals surface area contributed by atoms with Crippen molar-refractivity contribution in [3.63, 3.8) is 0 Å². The van der Waals surface area contributed by atoms with Crippen LogP contribution in [0.4, 0.5) is 5.69 Å². The van der Waals surface area contributed by atoms with Crippen LogP contribution in [0.15, 0.2) is 69.6 Å². The van der Waals surface area contributed by atoms with Crippen molar-refractivity contribution in [2.75, 3.05) is 6.61 Å². The molecule has 0 radical (unpaired) electrons. The lowest BCUT2D eigenvalue weighted by Crippen LogP contribution is -2.39. The first-order chi connectivity index (χ1) is 17.2. The summed E-state index contributed by atoms with van der Waals surface area (Å²) in [6.07, 6.45) is 1.66. The molecule has 2 aromatic carbocycles. The van der Waals surface area contributed by atoms with Gasteiger partial charge in [0, 0.05) is 19.1 Å². The van der Waals surface area contributed by atoms with Gasteiger partial charge < -0.3 is 9.47 Å². The molecule has 1 aliphatic heterocycles. The summed E-state index contributed by atoms with van der Waals surface area (Å²) in [7, 11) is 0. The zero-order valence-corrected chi connectivity index (χ0v) is 20.4. The van der Waals surface area contributed by atoms with Crippen LogP contribution in [-0.2, 0) is 14.3 Å². The number of nitro groups is 1. The molecule has 10 nitrogen and oxygen atoms in total. The normalized spacial score (nSPS) is 15.2. The zero-order chi connectivity index (χ0) is 26.0. The van der Waals surface area contributed by atoms with Crippen LogP contribution in [0.2, 0.25) is 0 Å². The molecule has 0 aliphatic carbocycles. The number of benzene rings is 2. The fourth-order valence-corrected chi connectivity index (χ4v) is 4.91. The molecule has 0 fully saturated rings. The molecule has 0 amide bonds. The average Bonchev–Trinajstić information content (AvgIpc) is 3.13. The van der Waals surface area contributed by atoms with Crippen molar-refractivity contribution in [1.82, 2.24) is 4.57 Å². The molecule has 1 atom stereocenters. The van der Waals surface area contributed by atoms with Crippen LogP contribution < -0.4 is 19.6 Å². The van der Waals surface area contributed by atoms with Gasteiger partial charge in [0.05, 0.1) is 33.4 Å². The van der Waals surface area contributed by atoms with Gasteiger partial charge >= 0.3 is 11.9 Å². The number of aromatic nitrogens is 1. The van der Waals surface area contributed by atoms with E-state index in [1.165, 1.54) is 29.7 Å². The van der Waals surface area contributed by atoms with E-state index in [1.54, 1.807) is 50.3 Å². The quantitative estimate of drug-likeness (QED) is 0.217. The smallest absolute Gasteiger partial charge is 0.338 e. The van der Waals surface area contributed by atoms with Crippen molar-refractivity contribution in [2.24, 2.45) is 4.99 Å². The van der Waals surface area contributed by atoms with Crippen molar-refractivity contribution in [3.8, 4) is 5.75 Å². The number of esters is 2. The van der Waals surface area contributed by atoms with Crippen LogP contribution in [0, 0.1) is 10.1 Å². The number of thiazole rings is 1. The Bertz CT molecular complexity index is 1580. The highest BCUT2D eigenvalue weighted by Crippen LogP contribution is 2.32. The lowest BCUT2D eigenvalue weighted by molar-refractivity contribution is -0.384. The maximum absolute atomic E-state index is 13.6. The number of fused-ring (bicyclic) bond motifs is 1. The van der Waals surface area contributed by atoms with Gasteiger partial charge in [-0.1, -0.05) is 35.6 Å². The van der Waals surface area contributed by atoms with Gasteiger partial charge in [0.2, 0.25) is 0 Å². The third kappa shape index (κ3) is 4.86. The third-order valence-corrected chi connectivity index (χ3v) is 6.34. The fourth-order valence-electron chi connectivity index (χ4n) is 3.86. The van der Waals surface area contributed by atoms with Crippen LogP contribution >= 0.6 is 11.3 Å². The van der Waals surface area contributed by atoms with E-state index in [-0.39, 0.29) is 17.9 Å². The lowest BCUT2D eigenvalue weighted by atomic mass is 9.95. The van der Waals surface area contributed by atoms with Crippen molar-refractivity contribution in [1.29, 1.82) is 0 Å². The second kappa shape index (κ2) is 10.1. The fraction of sp³-hybridized carbons (Fsp3) is 0.200. The molecule has 36 heavy (non-hydrogen) atoms. The Morgan fingerprint density at radius 3 is 2.58 bits per heavy atom. The number of hydrogen-bond donors (Lipinski definition) is 0. The average molecular weight is 508 g/mol. The summed E-state index contributed by atoms with van der Waals surface area (Å²) in [5.41, 5.74) is 1.00. The highest BCUT2D eigenvalue weighted by molar-refractivity contribution is 7.07. The van der Waals surface area contributed by atoms with Gasteiger partial charge in [0.25, 0.3) is 11.2 Å². The topological polar surface area (TPSA) is 130 Å². The number of carbonyl (C=O) groups is 2. The van der Waals surface area contributed by atoms with Crippen LogP contribution in [0.25, 0.3) is 6.08 Å². The standard InChI is InChI=1S/C25H21N3O7S/c1-4-34-24(31)21-14(2)26-25-27(22(21)17-6-5-7-18(13-17)28(32)33)23(30)20(36-25)12-16-8-10-19(11-9-16)35-15(3)29/h5-13,22H,4H2,1-3H3/b20-12-/t22-/m1/s1. The first kappa shape index (κ1) is 24.7. The number of carbonyl (C=O) groups excluding carboxylic acids is 2. The minimum absolute atomic E-state index is 0.116. The molecule has 1 aliphatic rings. The summed E-state index contributed by atoms with van der Waals surface area (Å²) in [5, 5.41) is 11.4. The second-order valence-corrected chi connectivity index (χ2v) is 8.83. The van der Waals surface area contributed by atoms with Crippen LogP contribution in [0.5, 0.6) is 5.75 Å². The number of allylic oxidation sites excluding steroid dienone is 1. The maximum Gasteiger partial charge on any atom is 0.338 e. The molecular formula is C25H21N3O7S. The monoisotopic (exact) mass is 507 g/mol. The minimum atomic E-state index is -0.950. The van der Waals surface area contributed by atoms with E-state index in [4.69, 9.17) is 9.47 Å². The maximum atomic E-state index is 13.6. The summed E-state index contributed by atoms with van der Waals surface area (Å²) in [6.45, 7) is 4.73. The summed E-state index contributed by atoms with van der Waals surface area (Å²) < 4.78 is 12.0. The predicted octanol–water partition coefficient (Wildman–Crippen LogP) is 2.63. The van der Waals surface area contributed by atoms with Gasteiger partial charge in [-0.05, 0) is 43.2 Å². The zero-order valence-electron chi connectivity index (χ0n) is 19.6. The molecule has 0 saturated heterocycles. The van der Waals surface area contributed by atoms with Crippen LogP contribution in [-0.4, -0.2) is 28.0 Å². The van der Waals surface area contributed by atoms with Crippen molar-refractivity contribution >= 4 is 35.0 Å². The summed E-state index contributed by atoms with van der Waals surface area (Å²) in [5.74, 6) is -0.711. The number of non-ortho nitro benzene ring substituents is 1. The molecule has 0 saturated carbocycles. The summed E-state index contributed by atoms with van der Waals surface area (Å²) in [6, 6.07) is 11.5. The van der Waals surface area contributed by atoms with Gasteiger partial charge in [-0.3, -0.25) is 24.3 Å². The van der Waals surface area contributed by atoms with Gasteiger partial charge in [-0.25, -0.2) is 9.79 Å². The highest BCUT2D eigenvalue weighted by Gasteiger charge is 2.34. The van der Waals surface area contributed by atoms with Crippen molar-refractivity contribution in [2.45, 2.75) is 26.8 Å². The van der Waals surface area contributed by atoms with Gasteiger partial charge in [0.1, 0.15) is 5.75 Å². The Balaban J connectivity index is 1.89. The Morgan fingerprint density at radius 1 is 1.22 bits per heavy atom. The lowest BCUT2D eigenvalue weighted by Gasteiger charge is -2.24. The van der Waals surface area contributed by atoms with E-state index in [1.807, 2.05) is 0 Å². The van der Waals surface area contributed by atoms with E-state index in [2.05, 4.69) is 4.99 Å². The largest absolute Gasteiger partial charge is 0.463 e. The molecule has 0 bridgehead atoms. The Kier molecular flexibility index (Phi) is 6.93. The van der Waals surface area contributed by atoms with E-state index in [9.17, 15) is 24.5 Å². The molecular weight excluding hydrogens is 486 g/mol. The summed E-state index contributed by atoms with van der Waals surface area (Å²) in [4.78, 5) is 53.3. The van der Waals surface area contributed by atoms with Crippen LogP contribution in [0.3, 0.4) is 0 Å². The molecule has 184 valence electrons. The third-order valence-electron chi connectivity index (χ3n) is 5.35. The number of ether oxygens (including phenoxy) is 2. The Hall–Kier alpha value is -4.38. The first-order valence-electron chi connectivity index (χ1n) is 10.9. The molecule has 1 aromatic heterocycles. The van der Waals surface area contributed by atoms with E-state index in [0.717, 1.165) is 11.3 Å². The van der Waals surface area contributed by atoms with Gasteiger partial charge in [0.15, 0.2) is 4.80 Å². The summed E-state index contributed by atoms with van der Waals surface area (Å²) >= 11 is 1.13. The van der Waals surface area contributed by atoms with E-state index in [0.29, 0.717) is 31.9 Å². The minimum Gasteiger partial charge on any atom is -0.463 e. The Morgan fingerprint density at radius 2 is 1.94 bits per heavy atom. The SMILES string of the molecule is CCOC(=O)C1=C(C)N=c2s/c(=C\c3ccc(OC(C)=O)cc3)c(=O)n2[C@@H]1c1cccc([N+](=O)[O-])c1. The second-order valence-electron chi connectivity index (χ2n) is 7.82. The predicted molar refractivity (Wildman–Crippen MR) is 131 cm³/mol. The first-order valence-corrected chi connectivity index (χ1v) is 11.7. The van der Waals surface area contributed by atoms with E-state index >= 15 is 0 Å². The molecule has 0 spiro atoms.